The molecule has 0 aromatic heterocycles. The number of halogens is 2. The van der Waals surface area contributed by atoms with E-state index in [4.69, 9.17) is 23.2 Å². The Morgan fingerprint density at radius 2 is 2.00 bits per heavy atom. The summed E-state index contributed by atoms with van der Waals surface area (Å²) in [5, 5.41) is 4.12. The van der Waals surface area contributed by atoms with Gasteiger partial charge in [-0.25, -0.2) is 0 Å². The van der Waals surface area contributed by atoms with Crippen LogP contribution in [-0.2, 0) is 4.79 Å². The van der Waals surface area contributed by atoms with E-state index < -0.39 is 0 Å². The van der Waals surface area contributed by atoms with Crippen molar-refractivity contribution in [2.45, 2.75) is 31.7 Å². The molecule has 0 atom stereocenters. The minimum Gasteiger partial charge on any atom is -0.350 e. The van der Waals surface area contributed by atoms with E-state index in [1.54, 1.807) is 24.3 Å². The van der Waals surface area contributed by atoms with Crippen LogP contribution in [-0.4, -0.2) is 11.9 Å². The molecule has 1 amide bonds. The maximum atomic E-state index is 11.7. The highest BCUT2D eigenvalue weighted by Crippen LogP contribution is 2.22. The van der Waals surface area contributed by atoms with Crippen molar-refractivity contribution >= 4 is 35.2 Å². The molecule has 0 bridgehead atoms. The van der Waals surface area contributed by atoms with E-state index in [1.807, 2.05) is 0 Å². The molecule has 0 saturated heterocycles. The average molecular weight is 284 g/mol. The van der Waals surface area contributed by atoms with Crippen LogP contribution in [0.15, 0.2) is 24.3 Å². The number of rotatable bonds is 3. The summed E-state index contributed by atoms with van der Waals surface area (Å²) >= 11 is 11.8. The number of nitrogens with one attached hydrogen (secondary N) is 1. The molecule has 2 nitrogen and oxygen atoms in total. The van der Waals surface area contributed by atoms with Gasteiger partial charge in [-0.1, -0.05) is 42.1 Å². The first-order chi connectivity index (χ1) is 8.65. The fraction of sp³-hybridized carbons (Fsp3) is 0.357. The first-order valence-corrected chi connectivity index (χ1v) is 6.84. The van der Waals surface area contributed by atoms with Crippen molar-refractivity contribution in [2.24, 2.45) is 0 Å². The molecule has 1 N–H and O–H groups in total. The lowest BCUT2D eigenvalue weighted by molar-refractivity contribution is -0.117. The van der Waals surface area contributed by atoms with Gasteiger partial charge in [0.15, 0.2) is 0 Å². The number of carbonyl (C=O) groups is 1. The van der Waals surface area contributed by atoms with Gasteiger partial charge in [0.25, 0.3) is 0 Å². The van der Waals surface area contributed by atoms with Crippen molar-refractivity contribution < 1.29 is 4.79 Å². The number of carbonyl (C=O) groups excluding carboxylic acids is 1. The van der Waals surface area contributed by atoms with Crippen molar-refractivity contribution in [2.75, 3.05) is 0 Å². The highest BCUT2D eigenvalue weighted by molar-refractivity contribution is 6.35. The van der Waals surface area contributed by atoms with E-state index in [9.17, 15) is 4.79 Å². The molecule has 0 heterocycles. The molecule has 0 aliphatic heterocycles. The van der Waals surface area contributed by atoms with Crippen LogP contribution in [0.5, 0.6) is 0 Å². The normalized spacial score (nSPS) is 16.3. The smallest absolute Gasteiger partial charge is 0.244 e. The van der Waals surface area contributed by atoms with Crippen LogP contribution in [0.4, 0.5) is 0 Å². The van der Waals surface area contributed by atoms with Gasteiger partial charge in [-0.15, -0.1) is 0 Å². The first-order valence-electron chi connectivity index (χ1n) is 6.09. The fourth-order valence-electron chi connectivity index (χ4n) is 2.12. The quantitative estimate of drug-likeness (QED) is 0.833. The van der Waals surface area contributed by atoms with Gasteiger partial charge in [0.05, 0.1) is 0 Å². The van der Waals surface area contributed by atoms with Gasteiger partial charge in [0.1, 0.15) is 0 Å². The zero-order chi connectivity index (χ0) is 13.0. The Kier molecular flexibility index (Phi) is 4.67. The minimum atomic E-state index is -0.0621. The third kappa shape index (κ3) is 3.76. The van der Waals surface area contributed by atoms with E-state index in [1.165, 1.54) is 18.9 Å². The second kappa shape index (κ2) is 6.26. The Hall–Kier alpha value is -0.990. The zero-order valence-corrected chi connectivity index (χ0v) is 11.5. The summed E-state index contributed by atoms with van der Waals surface area (Å²) in [6, 6.07) is 5.55. The molecule has 2 rings (SSSR count). The Bertz CT molecular complexity index is 465. The van der Waals surface area contributed by atoms with Crippen LogP contribution >= 0.6 is 23.2 Å². The average Bonchev–Trinajstić information content (AvgIpc) is 2.80. The monoisotopic (exact) mass is 283 g/mol. The summed E-state index contributed by atoms with van der Waals surface area (Å²) in [4.78, 5) is 11.7. The van der Waals surface area contributed by atoms with E-state index in [-0.39, 0.29) is 5.91 Å². The van der Waals surface area contributed by atoms with Crippen LogP contribution in [0.1, 0.15) is 31.2 Å². The second-order valence-electron chi connectivity index (χ2n) is 4.49. The minimum absolute atomic E-state index is 0.0621. The Balaban J connectivity index is 1.94. The third-order valence-corrected chi connectivity index (χ3v) is 3.64. The number of hydrogen-bond donors (Lipinski definition) is 1. The van der Waals surface area contributed by atoms with E-state index in [0.29, 0.717) is 16.1 Å². The van der Waals surface area contributed by atoms with Crippen LogP contribution in [0.3, 0.4) is 0 Å². The maximum Gasteiger partial charge on any atom is 0.244 e. The molecule has 0 spiro atoms. The van der Waals surface area contributed by atoms with Crippen molar-refractivity contribution in [3.05, 3.63) is 39.9 Å². The molecule has 1 aromatic carbocycles. The van der Waals surface area contributed by atoms with E-state index in [0.717, 1.165) is 18.4 Å². The highest BCUT2D eigenvalue weighted by Gasteiger charge is 2.15. The molecule has 1 aliphatic rings. The van der Waals surface area contributed by atoms with E-state index in [2.05, 4.69) is 5.32 Å². The summed E-state index contributed by atoms with van der Waals surface area (Å²) in [6.45, 7) is 0. The van der Waals surface area contributed by atoms with Gasteiger partial charge in [0, 0.05) is 22.2 Å². The van der Waals surface area contributed by atoms with Crippen molar-refractivity contribution in [1.29, 1.82) is 0 Å². The van der Waals surface area contributed by atoms with Crippen LogP contribution in [0.2, 0.25) is 10.0 Å². The Morgan fingerprint density at radius 1 is 1.28 bits per heavy atom. The lowest BCUT2D eigenvalue weighted by atomic mass is 10.2. The fourth-order valence-corrected chi connectivity index (χ4v) is 2.59. The van der Waals surface area contributed by atoms with Crippen molar-refractivity contribution in [3.63, 3.8) is 0 Å². The molecule has 1 saturated carbocycles. The molecule has 4 heteroatoms. The molecule has 0 unspecified atom stereocenters. The lowest BCUT2D eigenvalue weighted by Gasteiger charge is -2.09. The molecule has 96 valence electrons. The van der Waals surface area contributed by atoms with E-state index >= 15 is 0 Å². The molecule has 1 fully saturated rings. The SMILES string of the molecule is O=C(C=Cc1ccc(Cl)cc1Cl)NC1CCCC1. The zero-order valence-electron chi connectivity index (χ0n) is 9.96. The summed E-state index contributed by atoms with van der Waals surface area (Å²) in [7, 11) is 0. The van der Waals surface area contributed by atoms with Crippen LogP contribution < -0.4 is 5.32 Å². The maximum absolute atomic E-state index is 11.7. The third-order valence-electron chi connectivity index (χ3n) is 3.08. The van der Waals surface area contributed by atoms with Crippen molar-refractivity contribution in [3.8, 4) is 0 Å². The van der Waals surface area contributed by atoms with Gasteiger partial charge in [0.2, 0.25) is 5.91 Å². The van der Waals surface area contributed by atoms with Gasteiger partial charge in [-0.2, -0.15) is 0 Å². The number of amides is 1. The molecule has 1 aliphatic carbocycles. The van der Waals surface area contributed by atoms with Crippen LogP contribution in [0.25, 0.3) is 6.08 Å². The van der Waals surface area contributed by atoms with Crippen LogP contribution in [0, 0.1) is 0 Å². The lowest BCUT2D eigenvalue weighted by Crippen LogP contribution is -2.30. The summed E-state index contributed by atoms with van der Waals surface area (Å²) in [5.74, 6) is -0.0621. The number of hydrogen-bond acceptors (Lipinski definition) is 1. The van der Waals surface area contributed by atoms with Gasteiger partial charge >= 0.3 is 0 Å². The molecule has 18 heavy (non-hydrogen) atoms. The predicted octanol–water partition coefficient (Wildman–Crippen LogP) is 4.07. The molecular weight excluding hydrogens is 269 g/mol. The largest absolute Gasteiger partial charge is 0.350 e. The topological polar surface area (TPSA) is 29.1 Å². The van der Waals surface area contributed by atoms with Crippen molar-refractivity contribution in [1.82, 2.24) is 5.32 Å². The summed E-state index contributed by atoms with van der Waals surface area (Å²) < 4.78 is 0. The van der Waals surface area contributed by atoms with Gasteiger partial charge in [-0.3, -0.25) is 4.79 Å². The molecular formula is C14H15Cl2NO. The predicted molar refractivity (Wildman–Crippen MR) is 75.9 cm³/mol. The second-order valence-corrected chi connectivity index (χ2v) is 5.33. The Morgan fingerprint density at radius 3 is 2.67 bits per heavy atom. The Labute approximate surface area is 117 Å². The number of benzene rings is 1. The summed E-state index contributed by atoms with van der Waals surface area (Å²) in [6.07, 6.45) is 7.81. The molecule has 0 radical (unpaired) electrons. The standard InChI is InChI=1S/C14H15Cl2NO/c15-11-7-5-10(13(16)9-11)6-8-14(18)17-12-3-1-2-4-12/h5-9,12H,1-4H2,(H,17,18). The highest BCUT2D eigenvalue weighted by atomic mass is 35.5. The van der Waals surface area contributed by atoms with Gasteiger partial charge in [-0.05, 0) is 36.6 Å². The summed E-state index contributed by atoms with van der Waals surface area (Å²) in [5.41, 5.74) is 0.794. The first kappa shape index (κ1) is 13.4. The molecule has 1 aromatic rings. The van der Waals surface area contributed by atoms with Gasteiger partial charge < -0.3 is 5.32 Å².